The second kappa shape index (κ2) is 15.6. The third-order valence-corrected chi connectivity index (χ3v) is 8.83. The SMILES string of the molecule is COc1cc2c(cc1OC)CN(CCc1ccc(NC(=O)c3cccc(C=c4[nH]c(=O)c(=Cc5ccccc5)n(CC(=O)O)c4=O)c3)cc1)CC2. The highest BCUT2D eigenvalue weighted by Crippen LogP contribution is 2.33. The summed E-state index contributed by atoms with van der Waals surface area (Å²) in [4.78, 5) is 56.3. The number of ether oxygens (including phenoxy) is 2. The summed E-state index contributed by atoms with van der Waals surface area (Å²) in [7, 11) is 3.30. The van der Waals surface area contributed by atoms with E-state index in [-0.39, 0.29) is 16.6 Å². The Balaban J connectivity index is 1.13. The van der Waals surface area contributed by atoms with Crippen molar-refractivity contribution in [3.05, 3.63) is 156 Å². The molecule has 0 spiro atoms. The Morgan fingerprint density at radius 2 is 1.57 bits per heavy atom. The minimum absolute atomic E-state index is 0.0791. The number of aromatic nitrogens is 2. The molecule has 2 heterocycles. The number of methoxy groups -OCH3 is 2. The number of anilines is 1. The summed E-state index contributed by atoms with van der Waals surface area (Å²) in [6.45, 7) is 2.00. The Morgan fingerprint density at radius 1 is 0.863 bits per heavy atom. The summed E-state index contributed by atoms with van der Waals surface area (Å²) < 4.78 is 11.9. The average molecular weight is 687 g/mol. The van der Waals surface area contributed by atoms with Crippen LogP contribution in [0.25, 0.3) is 12.2 Å². The Labute approximate surface area is 293 Å². The minimum atomic E-state index is -1.26. The standard InChI is InChI=1S/C40H38N4O7/c1-50-35-22-29-16-18-43(24-31(29)23-36(35)51-2)17-15-26-11-13-32(14-12-26)41-38(47)30-10-6-9-28(19-30)20-33-40(49)44(25-37(45)46)34(39(48)42-33)21-27-7-4-3-5-8-27/h3-14,19-23H,15-18,24-25H2,1-2H3,(H,41,47)(H,42,48)(H,45,46). The monoisotopic (exact) mass is 686 g/mol. The molecule has 1 aromatic heterocycles. The summed E-state index contributed by atoms with van der Waals surface area (Å²) in [6.07, 6.45) is 4.69. The highest BCUT2D eigenvalue weighted by molar-refractivity contribution is 6.04. The van der Waals surface area contributed by atoms with Gasteiger partial charge in [-0.3, -0.25) is 28.6 Å². The molecule has 0 atom stereocenters. The largest absolute Gasteiger partial charge is 0.493 e. The lowest BCUT2D eigenvalue weighted by Gasteiger charge is -2.29. The molecule has 0 saturated heterocycles. The van der Waals surface area contributed by atoms with Crippen LogP contribution in [0, 0.1) is 0 Å². The van der Waals surface area contributed by atoms with E-state index in [1.807, 2.05) is 30.3 Å². The first-order chi connectivity index (χ1) is 24.7. The molecule has 0 unspecified atom stereocenters. The predicted octanol–water partition coefficient (Wildman–Crippen LogP) is 3.15. The van der Waals surface area contributed by atoms with E-state index in [4.69, 9.17) is 9.47 Å². The molecular formula is C40H38N4O7. The van der Waals surface area contributed by atoms with Gasteiger partial charge in [-0.15, -0.1) is 0 Å². The van der Waals surface area contributed by atoms with Gasteiger partial charge in [-0.25, -0.2) is 0 Å². The maximum atomic E-state index is 13.4. The second-order valence-electron chi connectivity index (χ2n) is 12.3. The van der Waals surface area contributed by atoms with Gasteiger partial charge in [0.15, 0.2) is 11.5 Å². The molecule has 11 heteroatoms. The van der Waals surface area contributed by atoms with E-state index in [1.165, 1.54) is 23.3 Å². The molecule has 0 aliphatic carbocycles. The van der Waals surface area contributed by atoms with Crippen molar-refractivity contribution in [1.82, 2.24) is 14.5 Å². The van der Waals surface area contributed by atoms with E-state index in [9.17, 15) is 24.3 Å². The number of rotatable bonds is 11. The second-order valence-corrected chi connectivity index (χ2v) is 12.3. The van der Waals surface area contributed by atoms with E-state index in [0.717, 1.165) is 54.1 Å². The van der Waals surface area contributed by atoms with Crippen molar-refractivity contribution in [3.63, 3.8) is 0 Å². The number of carbonyl (C=O) groups excluding carboxylic acids is 1. The van der Waals surface area contributed by atoms with Gasteiger partial charge in [-0.1, -0.05) is 54.6 Å². The van der Waals surface area contributed by atoms with Gasteiger partial charge < -0.3 is 24.9 Å². The van der Waals surface area contributed by atoms with E-state index in [2.05, 4.69) is 27.3 Å². The highest BCUT2D eigenvalue weighted by Gasteiger charge is 2.19. The van der Waals surface area contributed by atoms with Crippen LogP contribution in [0.3, 0.4) is 0 Å². The third kappa shape index (κ3) is 8.34. The number of hydrogen-bond donors (Lipinski definition) is 3. The fourth-order valence-corrected chi connectivity index (χ4v) is 6.17. The Bertz CT molecular complexity index is 2310. The van der Waals surface area contributed by atoms with Crippen molar-refractivity contribution in [2.75, 3.05) is 32.6 Å². The van der Waals surface area contributed by atoms with Crippen LogP contribution in [0.1, 0.15) is 38.2 Å². The van der Waals surface area contributed by atoms with Crippen LogP contribution in [0.5, 0.6) is 11.5 Å². The topological polar surface area (TPSA) is 143 Å². The quantitative estimate of drug-likeness (QED) is 0.193. The number of fused-ring (bicyclic) bond motifs is 1. The molecule has 260 valence electrons. The average Bonchev–Trinajstić information content (AvgIpc) is 3.14. The predicted molar refractivity (Wildman–Crippen MR) is 195 cm³/mol. The first-order valence-electron chi connectivity index (χ1n) is 16.5. The number of carbonyl (C=O) groups is 2. The summed E-state index contributed by atoms with van der Waals surface area (Å²) in [6, 6.07) is 27.3. The lowest BCUT2D eigenvalue weighted by molar-refractivity contribution is -0.137. The summed E-state index contributed by atoms with van der Waals surface area (Å²) in [5.41, 5.74) is 4.48. The normalized spacial score (nSPS) is 13.5. The molecule has 5 aromatic rings. The van der Waals surface area contributed by atoms with Crippen LogP contribution < -0.4 is 36.6 Å². The number of aromatic amines is 1. The summed E-state index contributed by atoms with van der Waals surface area (Å²) in [5.74, 6) is -0.117. The van der Waals surface area contributed by atoms with E-state index >= 15 is 0 Å². The number of H-pyrrole nitrogens is 1. The molecule has 1 aliphatic heterocycles. The number of amides is 1. The number of nitrogens with zero attached hydrogens (tertiary/aromatic N) is 2. The minimum Gasteiger partial charge on any atom is -0.493 e. The van der Waals surface area contributed by atoms with Gasteiger partial charge in [0.2, 0.25) is 0 Å². The zero-order valence-electron chi connectivity index (χ0n) is 28.3. The van der Waals surface area contributed by atoms with Crippen LogP contribution in [-0.4, -0.2) is 58.7 Å². The lowest BCUT2D eigenvalue weighted by atomic mass is 9.98. The van der Waals surface area contributed by atoms with Crippen molar-refractivity contribution in [3.8, 4) is 11.5 Å². The fourth-order valence-electron chi connectivity index (χ4n) is 6.17. The van der Waals surface area contributed by atoms with Gasteiger partial charge in [-0.05, 0) is 89.2 Å². The van der Waals surface area contributed by atoms with Crippen LogP contribution in [0.15, 0.2) is 101 Å². The van der Waals surface area contributed by atoms with Gasteiger partial charge in [-0.2, -0.15) is 0 Å². The van der Waals surface area contributed by atoms with Gasteiger partial charge in [0.05, 0.1) is 14.2 Å². The molecule has 51 heavy (non-hydrogen) atoms. The van der Waals surface area contributed by atoms with Gasteiger partial charge in [0.25, 0.3) is 17.0 Å². The summed E-state index contributed by atoms with van der Waals surface area (Å²) in [5, 5.41) is 12.2. The molecule has 11 nitrogen and oxygen atoms in total. The van der Waals surface area contributed by atoms with Gasteiger partial charge in [0, 0.05) is 30.9 Å². The molecule has 1 amide bonds. The number of benzene rings is 4. The molecule has 4 aromatic carbocycles. The number of carboxylic acids is 1. The van der Waals surface area contributed by atoms with Gasteiger partial charge in [0.1, 0.15) is 17.2 Å². The van der Waals surface area contributed by atoms with E-state index in [0.29, 0.717) is 22.4 Å². The van der Waals surface area contributed by atoms with Crippen molar-refractivity contribution >= 4 is 29.7 Å². The maximum absolute atomic E-state index is 13.4. The summed E-state index contributed by atoms with van der Waals surface area (Å²) >= 11 is 0. The number of aliphatic carboxylic acids is 1. The Hall–Kier alpha value is -6.20. The molecule has 0 fully saturated rings. The number of carboxylic acid groups (broad SMARTS) is 1. The van der Waals surface area contributed by atoms with Crippen LogP contribution in [0.2, 0.25) is 0 Å². The third-order valence-electron chi connectivity index (χ3n) is 8.83. The maximum Gasteiger partial charge on any atom is 0.323 e. The first-order valence-corrected chi connectivity index (χ1v) is 16.5. The smallest absolute Gasteiger partial charge is 0.323 e. The van der Waals surface area contributed by atoms with Crippen LogP contribution in [-0.2, 0) is 30.7 Å². The Morgan fingerprint density at radius 3 is 2.27 bits per heavy atom. The molecule has 3 N–H and O–H groups in total. The van der Waals surface area contributed by atoms with E-state index < -0.39 is 23.6 Å². The molecule has 0 radical (unpaired) electrons. The van der Waals surface area contributed by atoms with Crippen molar-refractivity contribution in [2.45, 2.75) is 25.9 Å². The van der Waals surface area contributed by atoms with Crippen molar-refractivity contribution < 1.29 is 24.2 Å². The highest BCUT2D eigenvalue weighted by atomic mass is 16.5. The molecule has 6 rings (SSSR count). The zero-order chi connectivity index (χ0) is 35.9. The molecule has 1 aliphatic rings. The van der Waals surface area contributed by atoms with Crippen LogP contribution in [0.4, 0.5) is 5.69 Å². The van der Waals surface area contributed by atoms with Crippen molar-refractivity contribution in [2.24, 2.45) is 0 Å². The molecular weight excluding hydrogens is 648 g/mol. The number of nitrogens with one attached hydrogen (secondary N) is 2. The van der Waals surface area contributed by atoms with E-state index in [1.54, 1.807) is 62.8 Å². The van der Waals surface area contributed by atoms with Crippen LogP contribution >= 0.6 is 0 Å². The zero-order valence-corrected chi connectivity index (χ0v) is 28.3. The van der Waals surface area contributed by atoms with Gasteiger partial charge >= 0.3 is 5.97 Å². The first kappa shape index (κ1) is 34.7. The molecule has 0 bridgehead atoms. The lowest BCUT2D eigenvalue weighted by Crippen LogP contribution is -2.54. The Kier molecular flexibility index (Phi) is 10.6. The number of hydrogen-bond acceptors (Lipinski definition) is 7. The van der Waals surface area contributed by atoms with Crippen molar-refractivity contribution in [1.29, 1.82) is 0 Å². The molecule has 0 saturated carbocycles. The fraction of sp³-hybridized carbons (Fsp3) is 0.200.